The third kappa shape index (κ3) is 8.16. The first-order chi connectivity index (χ1) is 25.7. The highest BCUT2D eigenvalue weighted by molar-refractivity contribution is 6.31. The van der Waals surface area contributed by atoms with Crippen molar-refractivity contribution in [1.82, 2.24) is 24.9 Å². The number of urea groups is 1. The van der Waals surface area contributed by atoms with Crippen molar-refractivity contribution in [1.29, 1.82) is 0 Å². The highest BCUT2D eigenvalue weighted by atomic mass is 35.5. The molecule has 3 aromatic carbocycles. The third-order valence-electron chi connectivity index (χ3n) is 9.47. The highest BCUT2D eigenvalue weighted by Gasteiger charge is 2.55. The summed E-state index contributed by atoms with van der Waals surface area (Å²) in [4.78, 5) is 44.2. The Kier molecular flexibility index (Phi) is 10.7. The second kappa shape index (κ2) is 15.7. The lowest BCUT2D eigenvalue weighted by atomic mass is 9.98. The molecule has 7 rings (SSSR count). The summed E-state index contributed by atoms with van der Waals surface area (Å²) in [6.45, 7) is 2.07. The lowest BCUT2D eigenvalue weighted by Gasteiger charge is -2.44. The predicted molar refractivity (Wildman–Crippen MR) is 196 cm³/mol. The summed E-state index contributed by atoms with van der Waals surface area (Å²) >= 11 is 6.17. The number of hydrogen-bond donors (Lipinski definition) is 3. The number of rotatable bonds is 6. The first-order valence-electron chi connectivity index (χ1n) is 17.4. The molecule has 3 fully saturated rings. The molecule has 4 amide bonds. The molecule has 13 nitrogen and oxygen atoms in total. The monoisotopic (exact) mass is 738 g/mol. The minimum absolute atomic E-state index is 0.0182. The fourth-order valence-electron chi connectivity index (χ4n) is 6.84. The zero-order valence-corrected chi connectivity index (χ0v) is 29.8. The Bertz CT molecular complexity index is 2040. The summed E-state index contributed by atoms with van der Waals surface area (Å²) in [5.41, 5.74) is 2.44. The first-order valence-corrected chi connectivity index (χ1v) is 17.8. The van der Waals surface area contributed by atoms with Crippen LogP contribution in [0.5, 0.6) is 5.75 Å². The quantitative estimate of drug-likeness (QED) is 0.251. The Morgan fingerprint density at radius 3 is 2.57 bits per heavy atom. The average molecular weight is 739 g/mol. The number of phenolic OH excluding ortho intramolecular Hbond substituents is 1. The van der Waals surface area contributed by atoms with Crippen LogP contribution in [0, 0.1) is 11.8 Å². The summed E-state index contributed by atoms with van der Waals surface area (Å²) in [7, 11) is 1.77. The van der Waals surface area contributed by atoms with Gasteiger partial charge in [-0.2, -0.15) is 5.10 Å². The summed E-state index contributed by atoms with van der Waals surface area (Å²) < 4.78 is 19.3. The summed E-state index contributed by atoms with van der Waals surface area (Å²) in [5, 5.41) is 21.2. The van der Waals surface area contributed by atoms with E-state index in [2.05, 4.69) is 27.6 Å². The molecule has 0 radical (unpaired) electrons. The number of carbonyl (C=O) groups excluding carboxylic acids is 3. The van der Waals surface area contributed by atoms with Crippen LogP contribution in [0.15, 0.2) is 79.0 Å². The number of aryl methyl sites for hydroxylation is 1. The van der Waals surface area contributed by atoms with Crippen molar-refractivity contribution in [2.75, 3.05) is 44.8 Å². The van der Waals surface area contributed by atoms with E-state index in [-0.39, 0.29) is 43.7 Å². The van der Waals surface area contributed by atoms with E-state index in [4.69, 9.17) is 25.8 Å². The standard InChI is InChI=1S/C39H39ClN6O7/c1-44-24-28(36(43-44)31-22-29(40)11-14-33(31)47)10-7-26-8-12-30(13-9-26)41-37(49)32-25-53-39(46(32)35(48)21-27-5-3-2-4-6-27)15-18-52-34(23-39)42-38(50)45-16-19-51-20-17-45/h2-6,8-9,11-14,22,24,32,34,47H,15-21,23,25H2,1H3,(H,41,49)(H,42,50)/t32-,34?,39?/m0/s1. The van der Waals surface area contributed by atoms with E-state index >= 15 is 0 Å². The molecule has 4 aromatic rings. The lowest BCUT2D eigenvalue weighted by Crippen LogP contribution is -2.61. The Morgan fingerprint density at radius 1 is 1.02 bits per heavy atom. The fraction of sp³-hybridized carbons (Fsp3) is 0.333. The summed E-state index contributed by atoms with van der Waals surface area (Å²) in [6, 6.07) is 19.9. The van der Waals surface area contributed by atoms with Gasteiger partial charge < -0.3 is 34.9 Å². The van der Waals surface area contributed by atoms with Gasteiger partial charge in [0.25, 0.3) is 0 Å². The van der Waals surface area contributed by atoms with Crippen molar-refractivity contribution < 1.29 is 33.7 Å². The van der Waals surface area contributed by atoms with Crippen LogP contribution in [0.4, 0.5) is 10.5 Å². The van der Waals surface area contributed by atoms with Gasteiger partial charge >= 0.3 is 6.03 Å². The second-order valence-electron chi connectivity index (χ2n) is 13.1. The van der Waals surface area contributed by atoms with Crippen molar-refractivity contribution >= 4 is 35.1 Å². The molecule has 3 atom stereocenters. The number of phenols is 1. The molecule has 3 saturated heterocycles. The lowest BCUT2D eigenvalue weighted by molar-refractivity contribution is -0.184. The molecule has 0 aliphatic carbocycles. The van der Waals surface area contributed by atoms with E-state index < -0.39 is 23.9 Å². The molecule has 2 unspecified atom stereocenters. The number of hydrogen-bond acceptors (Lipinski definition) is 8. The van der Waals surface area contributed by atoms with Crippen LogP contribution in [0.25, 0.3) is 11.3 Å². The largest absolute Gasteiger partial charge is 0.507 e. The number of nitrogens with zero attached hydrogens (tertiary/aromatic N) is 4. The molecule has 1 aromatic heterocycles. The summed E-state index contributed by atoms with van der Waals surface area (Å²) in [5.74, 6) is 5.63. The van der Waals surface area contributed by atoms with Crippen LogP contribution in [0.3, 0.4) is 0 Å². The van der Waals surface area contributed by atoms with E-state index in [1.54, 1.807) is 64.1 Å². The van der Waals surface area contributed by atoms with Crippen LogP contribution in [-0.4, -0.2) is 100 Å². The van der Waals surface area contributed by atoms with E-state index in [9.17, 15) is 19.5 Å². The van der Waals surface area contributed by atoms with Crippen LogP contribution < -0.4 is 10.6 Å². The van der Waals surface area contributed by atoms with Crippen molar-refractivity contribution in [3.8, 4) is 28.8 Å². The van der Waals surface area contributed by atoms with E-state index in [0.717, 1.165) is 5.56 Å². The number of aromatic nitrogens is 2. The van der Waals surface area contributed by atoms with Gasteiger partial charge in [0.1, 0.15) is 23.7 Å². The SMILES string of the molecule is Cn1cc(C#Cc2ccc(NC(=O)[C@@H]3COC4(CCOC(NC(=O)N5CCOCC5)C4)N3C(=O)Cc3ccccc3)cc2)c(-c2cc(Cl)ccc2O)n1. The third-order valence-corrected chi connectivity index (χ3v) is 9.70. The van der Waals surface area contributed by atoms with Gasteiger partial charge in [-0.1, -0.05) is 53.8 Å². The van der Waals surface area contributed by atoms with Gasteiger partial charge in [-0.15, -0.1) is 0 Å². The molecule has 0 saturated carbocycles. The number of aromatic hydroxyl groups is 1. The maximum atomic E-state index is 14.1. The minimum atomic E-state index is -1.15. The Hall–Kier alpha value is -5.39. The van der Waals surface area contributed by atoms with E-state index in [1.807, 2.05) is 30.3 Å². The number of ether oxygens (including phenoxy) is 3. The smallest absolute Gasteiger partial charge is 0.319 e. The van der Waals surface area contributed by atoms with Crippen LogP contribution >= 0.6 is 11.6 Å². The summed E-state index contributed by atoms with van der Waals surface area (Å²) in [6.07, 6.45) is 1.61. The maximum absolute atomic E-state index is 14.1. The Labute approximate surface area is 311 Å². The van der Waals surface area contributed by atoms with Crippen molar-refractivity contribution in [2.45, 2.75) is 37.3 Å². The van der Waals surface area contributed by atoms with Crippen LogP contribution in [0.1, 0.15) is 29.5 Å². The normalized spacial score (nSPS) is 21.2. The van der Waals surface area contributed by atoms with E-state index in [1.165, 1.54) is 6.07 Å². The van der Waals surface area contributed by atoms with Gasteiger partial charge in [0, 0.05) is 61.0 Å². The maximum Gasteiger partial charge on any atom is 0.319 e. The van der Waals surface area contributed by atoms with Gasteiger partial charge in [-0.25, -0.2) is 4.79 Å². The molecule has 14 heteroatoms. The molecular weight excluding hydrogens is 700 g/mol. The van der Waals surface area contributed by atoms with Crippen molar-refractivity contribution in [2.24, 2.45) is 7.05 Å². The number of carbonyl (C=O) groups is 3. The van der Waals surface area contributed by atoms with Crippen LogP contribution in [-0.2, 0) is 37.3 Å². The second-order valence-corrected chi connectivity index (χ2v) is 13.5. The number of benzene rings is 3. The number of halogens is 1. The Morgan fingerprint density at radius 2 is 1.79 bits per heavy atom. The minimum Gasteiger partial charge on any atom is -0.507 e. The van der Waals surface area contributed by atoms with Gasteiger partial charge in [0.15, 0.2) is 5.72 Å². The van der Waals surface area contributed by atoms with Crippen molar-refractivity contribution in [3.63, 3.8) is 0 Å². The molecule has 0 bridgehead atoms. The molecular formula is C39H39ClN6O7. The highest BCUT2D eigenvalue weighted by Crippen LogP contribution is 2.39. The van der Waals surface area contributed by atoms with Crippen LogP contribution in [0.2, 0.25) is 5.02 Å². The fourth-order valence-corrected chi connectivity index (χ4v) is 7.01. The zero-order valence-electron chi connectivity index (χ0n) is 29.1. The molecule has 4 heterocycles. The van der Waals surface area contributed by atoms with Gasteiger partial charge in [0.05, 0.1) is 38.4 Å². The molecule has 53 heavy (non-hydrogen) atoms. The number of nitrogens with one attached hydrogen (secondary N) is 2. The number of morpholine rings is 1. The molecule has 3 aliphatic heterocycles. The molecule has 3 N–H and O–H groups in total. The molecule has 1 spiro atoms. The topological polar surface area (TPSA) is 147 Å². The zero-order chi connectivity index (χ0) is 37.0. The predicted octanol–water partition coefficient (Wildman–Crippen LogP) is 4.13. The van der Waals surface area contributed by atoms with Gasteiger partial charge in [-0.05, 0) is 48.0 Å². The van der Waals surface area contributed by atoms with Gasteiger partial charge in [0.2, 0.25) is 11.8 Å². The average Bonchev–Trinajstić information content (AvgIpc) is 3.72. The van der Waals surface area contributed by atoms with Crippen molar-refractivity contribution in [3.05, 3.63) is 101 Å². The number of anilines is 1. The molecule has 274 valence electrons. The van der Waals surface area contributed by atoms with E-state index in [0.29, 0.717) is 65.8 Å². The first kappa shape index (κ1) is 36.0. The Balaban J connectivity index is 1.07. The molecule has 3 aliphatic rings. The number of amides is 4. The van der Waals surface area contributed by atoms with Gasteiger partial charge in [-0.3, -0.25) is 19.2 Å².